The second kappa shape index (κ2) is 4.69. The third kappa shape index (κ3) is 4.77. The average molecular weight is 145 g/mol. The molecule has 10 heavy (non-hydrogen) atoms. The highest BCUT2D eigenvalue weighted by Crippen LogP contribution is 2.24. The summed E-state index contributed by atoms with van der Waals surface area (Å²) in [6.07, 6.45) is 3.61. The third-order valence-corrected chi connectivity index (χ3v) is 1.62. The molecule has 0 aliphatic carbocycles. The van der Waals surface area contributed by atoms with Crippen LogP contribution in [-0.2, 0) is 0 Å². The summed E-state index contributed by atoms with van der Waals surface area (Å²) in [5.74, 6) is 0. The van der Waals surface area contributed by atoms with Gasteiger partial charge >= 0.3 is 0 Å². The lowest BCUT2D eigenvalue weighted by atomic mass is 9.85. The van der Waals surface area contributed by atoms with E-state index in [-0.39, 0.29) is 18.6 Å². The van der Waals surface area contributed by atoms with Crippen LogP contribution in [0.1, 0.15) is 26.7 Å². The van der Waals surface area contributed by atoms with Crippen molar-refractivity contribution >= 4 is 0 Å². The van der Waals surface area contributed by atoms with E-state index in [4.69, 9.17) is 10.2 Å². The molecule has 2 heteroatoms. The fourth-order valence-corrected chi connectivity index (χ4v) is 0.884. The molecule has 2 nitrogen and oxygen atoms in total. The molecule has 0 aliphatic rings. The second-order valence-corrected chi connectivity index (χ2v) is 3.20. The minimum Gasteiger partial charge on any atom is -0.396 e. The van der Waals surface area contributed by atoms with E-state index in [0.717, 1.165) is 12.8 Å². The zero-order valence-electron chi connectivity index (χ0n) is 6.80. The van der Waals surface area contributed by atoms with Gasteiger partial charge in [0.2, 0.25) is 0 Å². The Morgan fingerprint density at radius 2 is 1.90 bits per heavy atom. The van der Waals surface area contributed by atoms with Crippen LogP contribution in [0.5, 0.6) is 0 Å². The Balaban J connectivity index is 3.42. The SMILES string of the molecule is CC(C)([CH]CO)CCCO. The van der Waals surface area contributed by atoms with Crippen LogP contribution in [0.15, 0.2) is 0 Å². The van der Waals surface area contributed by atoms with Crippen LogP contribution in [0.25, 0.3) is 0 Å². The molecule has 61 valence electrons. The molecule has 0 unspecified atom stereocenters. The quantitative estimate of drug-likeness (QED) is 0.605. The highest BCUT2D eigenvalue weighted by Gasteiger charge is 2.15. The molecule has 0 heterocycles. The van der Waals surface area contributed by atoms with Gasteiger partial charge in [-0.1, -0.05) is 13.8 Å². The van der Waals surface area contributed by atoms with Crippen molar-refractivity contribution in [2.45, 2.75) is 26.7 Å². The molecule has 0 aromatic rings. The summed E-state index contributed by atoms with van der Waals surface area (Å²) in [6.45, 7) is 4.47. The lowest BCUT2D eigenvalue weighted by Gasteiger charge is -2.22. The van der Waals surface area contributed by atoms with E-state index in [1.807, 2.05) is 6.42 Å². The number of aliphatic hydroxyl groups is 2. The fourth-order valence-electron chi connectivity index (χ4n) is 0.884. The lowest BCUT2D eigenvalue weighted by molar-refractivity contribution is 0.235. The molecule has 2 N–H and O–H groups in total. The normalized spacial score (nSPS) is 12.0. The Hall–Kier alpha value is -0.0800. The van der Waals surface area contributed by atoms with E-state index in [9.17, 15) is 0 Å². The predicted octanol–water partition coefficient (Wildman–Crippen LogP) is 0.982. The van der Waals surface area contributed by atoms with Crippen molar-refractivity contribution in [3.63, 3.8) is 0 Å². The van der Waals surface area contributed by atoms with Gasteiger partial charge in [-0.05, 0) is 24.7 Å². The Kier molecular flexibility index (Phi) is 4.65. The monoisotopic (exact) mass is 145 g/mol. The van der Waals surface area contributed by atoms with Gasteiger partial charge in [0.15, 0.2) is 0 Å². The van der Waals surface area contributed by atoms with Gasteiger partial charge in [0, 0.05) is 13.2 Å². The minimum absolute atomic E-state index is 0.0669. The van der Waals surface area contributed by atoms with Gasteiger partial charge < -0.3 is 10.2 Å². The first-order valence-electron chi connectivity index (χ1n) is 3.68. The van der Waals surface area contributed by atoms with Crippen molar-refractivity contribution in [2.75, 3.05) is 13.2 Å². The first-order valence-corrected chi connectivity index (χ1v) is 3.68. The summed E-state index contributed by atoms with van der Waals surface area (Å²) >= 11 is 0. The van der Waals surface area contributed by atoms with Gasteiger partial charge in [-0.3, -0.25) is 0 Å². The molecular weight excluding hydrogens is 128 g/mol. The minimum atomic E-state index is 0.0669. The molecule has 0 fully saturated rings. The van der Waals surface area contributed by atoms with Gasteiger partial charge in [0.1, 0.15) is 0 Å². The van der Waals surface area contributed by atoms with Gasteiger partial charge in [0.25, 0.3) is 0 Å². The summed E-state index contributed by atoms with van der Waals surface area (Å²) in [4.78, 5) is 0. The second-order valence-electron chi connectivity index (χ2n) is 3.20. The number of rotatable bonds is 5. The van der Waals surface area contributed by atoms with Crippen LogP contribution in [0.4, 0.5) is 0 Å². The first kappa shape index (κ1) is 9.92. The largest absolute Gasteiger partial charge is 0.396 e. The van der Waals surface area contributed by atoms with Crippen molar-refractivity contribution in [2.24, 2.45) is 5.41 Å². The van der Waals surface area contributed by atoms with Crippen molar-refractivity contribution < 1.29 is 10.2 Å². The zero-order chi connectivity index (χ0) is 8.04. The number of hydrogen-bond acceptors (Lipinski definition) is 2. The van der Waals surface area contributed by atoms with E-state index in [2.05, 4.69) is 13.8 Å². The lowest BCUT2D eigenvalue weighted by Crippen LogP contribution is -2.14. The van der Waals surface area contributed by atoms with Crippen LogP contribution in [0, 0.1) is 11.8 Å². The molecule has 0 bridgehead atoms. The standard InChI is InChI=1S/C8H17O2/c1-8(2,5-7-10)4-3-6-9/h5,9-10H,3-4,6-7H2,1-2H3. The van der Waals surface area contributed by atoms with Crippen molar-refractivity contribution in [1.29, 1.82) is 0 Å². The summed E-state index contributed by atoms with van der Waals surface area (Å²) < 4.78 is 0. The van der Waals surface area contributed by atoms with Crippen LogP contribution < -0.4 is 0 Å². The number of hydrogen-bond donors (Lipinski definition) is 2. The Morgan fingerprint density at radius 3 is 2.30 bits per heavy atom. The van der Waals surface area contributed by atoms with Crippen LogP contribution in [0.3, 0.4) is 0 Å². The molecule has 0 aromatic carbocycles. The van der Waals surface area contributed by atoms with E-state index in [0.29, 0.717) is 0 Å². The predicted molar refractivity (Wildman–Crippen MR) is 41.5 cm³/mol. The molecule has 0 aliphatic heterocycles. The molecule has 0 saturated carbocycles. The highest BCUT2D eigenvalue weighted by molar-refractivity contribution is 4.83. The smallest absolute Gasteiger partial charge is 0.0468 e. The van der Waals surface area contributed by atoms with E-state index in [1.54, 1.807) is 0 Å². The maximum atomic E-state index is 8.58. The third-order valence-electron chi connectivity index (χ3n) is 1.62. The maximum absolute atomic E-state index is 8.58. The molecule has 1 radical (unpaired) electrons. The average Bonchev–Trinajstić information content (AvgIpc) is 1.84. The first-order chi connectivity index (χ1) is 4.62. The van der Waals surface area contributed by atoms with Gasteiger partial charge in [-0.2, -0.15) is 0 Å². The van der Waals surface area contributed by atoms with Crippen molar-refractivity contribution in [1.82, 2.24) is 0 Å². The van der Waals surface area contributed by atoms with Gasteiger partial charge in [0.05, 0.1) is 0 Å². The summed E-state index contributed by atoms with van der Waals surface area (Å²) in [6, 6.07) is 0. The van der Waals surface area contributed by atoms with E-state index in [1.165, 1.54) is 0 Å². The van der Waals surface area contributed by atoms with Crippen LogP contribution in [-0.4, -0.2) is 23.4 Å². The fraction of sp³-hybridized carbons (Fsp3) is 0.875. The summed E-state index contributed by atoms with van der Waals surface area (Å²) in [5.41, 5.74) is 0.0669. The molecule has 0 spiro atoms. The molecule has 0 atom stereocenters. The van der Waals surface area contributed by atoms with Crippen molar-refractivity contribution in [3.05, 3.63) is 6.42 Å². The summed E-state index contributed by atoms with van der Waals surface area (Å²) in [5, 5.41) is 17.1. The number of aliphatic hydroxyl groups excluding tert-OH is 2. The van der Waals surface area contributed by atoms with Crippen molar-refractivity contribution in [3.8, 4) is 0 Å². The molecule has 0 aromatic heterocycles. The van der Waals surface area contributed by atoms with E-state index < -0.39 is 0 Å². The molecule has 0 amide bonds. The molecular formula is C8H17O2. The Bertz CT molecular complexity index is 79.3. The molecule has 0 saturated heterocycles. The maximum Gasteiger partial charge on any atom is 0.0468 e. The zero-order valence-corrected chi connectivity index (χ0v) is 6.80. The van der Waals surface area contributed by atoms with Crippen LogP contribution in [0.2, 0.25) is 0 Å². The van der Waals surface area contributed by atoms with Crippen LogP contribution >= 0.6 is 0 Å². The van der Waals surface area contributed by atoms with E-state index >= 15 is 0 Å². The van der Waals surface area contributed by atoms with Gasteiger partial charge in [-0.15, -0.1) is 0 Å². The molecule has 0 rings (SSSR count). The highest BCUT2D eigenvalue weighted by atomic mass is 16.3. The van der Waals surface area contributed by atoms with Gasteiger partial charge in [-0.25, -0.2) is 0 Å². The Morgan fingerprint density at radius 1 is 1.30 bits per heavy atom. The summed E-state index contributed by atoms with van der Waals surface area (Å²) in [7, 11) is 0. The topological polar surface area (TPSA) is 40.5 Å². The Labute approximate surface area is 62.9 Å².